The van der Waals surface area contributed by atoms with Crippen LogP contribution in [0.3, 0.4) is 0 Å². The fourth-order valence-electron chi connectivity index (χ4n) is 5.20. The molecule has 1 heterocycles. The van der Waals surface area contributed by atoms with Crippen molar-refractivity contribution in [2.45, 2.75) is 123 Å². The SMILES string of the molecule is CCCCCC(CCC)C1CCCCB(C#CB(CCC)C(C)C)C1NC. The van der Waals surface area contributed by atoms with Gasteiger partial charge in [0.25, 0.3) is 0 Å². The van der Waals surface area contributed by atoms with Crippen LogP contribution in [0.1, 0.15) is 98.8 Å². The van der Waals surface area contributed by atoms with Crippen LogP contribution in [0.15, 0.2) is 0 Å². The van der Waals surface area contributed by atoms with Gasteiger partial charge in [0.2, 0.25) is 13.4 Å². The molecule has 1 rings (SSSR count). The van der Waals surface area contributed by atoms with Gasteiger partial charge in [0, 0.05) is 5.94 Å². The van der Waals surface area contributed by atoms with Crippen molar-refractivity contribution in [3.05, 3.63) is 0 Å². The lowest BCUT2D eigenvalue weighted by molar-refractivity contribution is 0.244. The van der Waals surface area contributed by atoms with Crippen molar-refractivity contribution in [2.75, 3.05) is 7.05 Å². The summed E-state index contributed by atoms with van der Waals surface area (Å²) in [6, 6.07) is 0. The van der Waals surface area contributed by atoms with E-state index < -0.39 is 0 Å². The van der Waals surface area contributed by atoms with Gasteiger partial charge in [-0.3, -0.25) is 0 Å². The smallest absolute Gasteiger partial charge is 0.247 e. The molecule has 1 N–H and O–H groups in total. The highest BCUT2D eigenvalue weighted by atomic mass is 14.9. The van der Waals surface area contributed by atoms with Gasteiger partial charge in [-0.05, 0) is 25.3 Å². The second-order valence-electron chi connectivity index (χ2n) is 9.34. The van der Waals surface area contributed by atoms with Crippen LogP contribution in [-0.4, -0.2) is 26.4 Å². The number of nitrogens with one attached hydrogen (secondary N) is 1. The Balaban J connectivity index is 2.95. The van der Waals surface area contributed by atoms with E-state index in [1.165, 1.54) is 76.8 Å². The van der Waals surface area contributed by atoms with Crippen LogP contribution in [0, 0.1) is 23.5 Å². The van der Waals surface area contributed by atoms with Crippen molar-refractivity contribution in [3.8, 4) is 11.6 Å². The summed E-state index contributed by atoms with van der Waals surface area (Å²) in [5.74, 6) is 10.5. The highest BCUT2D eigenvalue weighted by molar-refractivity contribution is 6.74. The van der Waals surface area contributed by atoms with Crippen molar-refractivity contribution in [1.82, 2.24) is 5.32 Å². The second-order valence-corrected chi connectivity index (χ2v) is 9.34. The molecule has 0 aliphatic carbocycles. The van der Waals surface area contributed by atoms with Crippen LogP contribution in [0.2, 0.25) is 18.5 Å². The second kappa shape index (κ2) is 14.6. The molecule has 3 atom stereocenters. The normalized spacial score (nSPS) is 21.5. The Hall–Kier alpha value is -0.350. The third kappa shape index (κ3) is 8.68. The number of hydrogen-bond acceptors (Lipinski definition) is 1. The molecule has 0 aromatic carbocycles. The Morgan fingerprint density at radius 1 is 1.04 bits per heavy atom. The van der Waals surface area contributed by atoms with Crippen LogP contribution < -0.4 is 5.32 Å². The molecular weight excluding hydrogens is 324 g/mol. The summed E-state index contributed by atoms with van der Waals surface area (Å²) in [7, 11) is 2.19. The summed E-state index contributed by atoms with van der Waals surface area (Å²) in [6.45, 7) is 12.8. The lowest BCUT2D eigenvalue weighted by atomic mass is 9.35. The number of unbranched alkanes of at least 4 members (excludes halogenated alkanes) is 2. The van der Waals surface area contributed by atoms with Gasteiger partial charge in [-0.15, -0.1) is 0 Å². The highest BCUT2D eigenvalue weighted by Gasteiger charge is 2.36. The molecule has 0 aromatic heterocycles. The summed E-state index contributed by atoms with van der Waals surface area (Å²) in [5, 5.41) is 3.76. The van der Waals surface area contributed by atoms with Gasteiger partial charge in [0.15, 0.2) is 0 Å². The van der Waals surface area contributed by atoms with Gasteiger partial charge in [-0.2, -0.15) is 11.6 Å². The van der Waals surface area contributed by atoms with Crippen LogP contribution in [-0.2, 0) is 0 Å². The average Bonchev–Trinajstić information content (AvgIpc) is 2.86. The first kappa shape index (κ1) is 24.7. The zero-order chi connectivity index (χ0) is 20.1. The Bertz CT molecular complexity index is 426. The van der Waals surface area contributed by atoms with Crippen LogP contribution in [0.4, 0.5) is 0 Å². The Labute approximate surface area is 172 Å². The van der Waals surface area contributed by atoms with Crippen molar-refractivity contribution < 1.29 is 0 Å². The first-order valence-electron chi connectivity index (χ1n) is 12.3. The van der Waals surface area contributed by atoms with E-state index in [1.807, 2.05) is 0 Å². The monoisotopic (exact) mass is 371 g/mol. The Kier molecular flexibility index (Phi) is 13.4. The maximum Gasteiger partial charge on any atom is 0.247 e. The van der Waals surface area contributed by atoms with E-state index in [2.05, 4.69) is 58.6 Å². The maximum absolute atomic E-state index is 3.81. The minimum atomic E-state index is 0.547. The maximum atomic E-state index is 3.81. The summed E-state index contributed by atoms with van der Waals surface area (Å²) >= 11 is 0. The minimum absolute atomic E-state index is 0.547. The summed E-state index contributed by atoms with van der Waals surface area (Å²) in [4.78, 5) is 0. The first-order chi connectivity index (χ1) is 13.1. The molecule has 1 nitrogen and oxygen atoms in total. The lowest BCUT2D eigenvalue weighted by Crippen LogP contribution is -2.48. The van der Waals surface area contributed by atoms with E-state index in [4.69, 9.17) is 0 Å². The molecule has 0 radical (unpaired) electrons. The molecule has 154 valence electrons. The highest BCUT2D eigenvalue weighted by Crippen LogP contribution is 2.35. The fourth-order valence-corrected chi connectivity index (χ4v) is 5.20. The van der Waals surface area contributed by atoms with Crippen LogP contribution >= 0.6 is 0 Å². The van der Waals surface area contributed by atoms with E-state index >= 15 is 0 Å². The zero-order valence-electron chi connectivity index (χ0n) is 19.4. The van der Waals surface area contributed by atoms with Crippen LogP contribution in [0.25, 0.3) is 0 Å². The summed E-state index contributed by atoms with van der Waals surface area (Å²) in [6.07, 6.45) is 16.3. The summed E-state index contributed by atoms with van der Waals surface area (Å²) in [5.41, 5.74) is 0. The molecule has 0 aromatic rings. The van der Waals surface area contributed by atoms with Gasteiger partial charge >= 0.3 is 0 Å². The molecule has 27 heavy (non-hydrogen) atoms. The van der Waals surface area contributed by atoms with E-state index in [9.17, 15) is 0 Å². The molecule has 1 saturated heterocycles. The molecule has 1 aliphatic heterocycles. The fraction of sp³-hybridized carbons (Fsp3) is 0.917. The molecule has 3 heteroatoms. The van der Waals surface area contributed by atoms with E-state index in [0.29, 0.717) is 25.2 Å². The molecular formula is C24H47B2N. The molecule has 0 bridgehead atoms. The predicted octanol–water partition coefficient (Wildman–Crippen LogP) is 6.80. The third-order valence-electron chi connectivity index (χ3n) is 6.83. The van der Waals surface area contributed by atoms with Crippen molar-refractivity contribution in [1.29, 1.82) is 0 Å². The standard InChI is InChI=1S/C24H47B2N/c1-7-10-11-15-22(14-8-2)23-16-12-13-18-26(24(23)27-6)20-19-25(17-9-3)21(4)5/h21-24,27H,7-18H2,1-6H3. The molecule has 0 spiro atoms. The van der Waals surface area contributed by atoms with Crippen LogP contribution in [0.5, 0.6) is 0 Å². The predicted molar refractivity (Wildman–Crippen MR) is 127 cm³/mol. The lowest BCUT2D eigenvalue weighted by Gasteiger charge is -2.34. The van der Waals surface area contributed by atoms with Gasteiger partial charge in [-0.25, -0.2) is 0 Å². The molecule has 1 fully saturated rings. The Morgan fingerprint density at radius 2 is 1.81 bits per heavy atom. The largest absolute Gasteiger partial charge is 0.322 e. The topological polar surface area (TPSA) is 12.0 Å². The summed E-state index contributed by atoms with van der Waals surface area (Å²) < 4.78 is 0. The zero-order valence-corrected chi connectivity index (χ0v) is 19.4. The molecule has 1 aliphatic rings. The molecule has 3 unspecified atom stereocenters. The van der Waals surface area contributed by atoms with Gasteiger partial charge in [0.05, 0.1) is 0 Å². The molecule has 0 saturated carbocycles. The number of rotatable bonds is 11. The van der Waals surface area contributed by atoms with Gasteiger partial charge in [0.1, 0.15) is 0 Å². The third-order valence-corrected chi connectivity index (χ3v) is 6.83. The van der Waals surface area contributed by atoms with Gasteiger partial charge in [-0.1, -0.05) is 111 Å². The van der Waals surface area contributed by atoms with E-state index in [0.717, 1.165) is 11.8 Å². The van der Waals surface area contributed by atoms with Crippen molar-refractivity contribution in [3.63, 3.8) is 0 Å². The van der Waals surface area contributed by atoms with E-state index in [1.54, 1.807) is 0 Å². The van der Waals surface area contributed by atoms with Gasteiger partial charge < -0.3 is 5.32 Å². The average molecular weight is 371 g/mol. The van der Waals surface area contributed by atoms with Crippen molar-refractivity contribution in [2.24, 2.45) is 11.8 Å². The van der Waals surface area contributed by atoms with E-state index in [-0.39, 0.29) is 0 Å². The Morgan fingerprint density at radius 3 is 2.41 bits per heavy atom. The molecule has 0 amide bonds. The minimum Gasteiger partial charge on any atom is -0.322 e. The first-order valence-corrected chi connectivity index (χ1v) is 12.3. The van der Waals surface area contributed by atoms with Crippen molar-refractivity contribution >= 4 is 13.4 Å². The number of hydrogen-bond donors (Lipinski definition) is 1. The quantitative estimate of drug-likeness (QED) is 0.239.